The molecule has 0 bridgehead atoms. The molecule has 1 aromatic rings. The average Bonchev–Trinajstić information content (AvgIpc) is 2.40. The maximum absolute atomic E-state index is 13.5. The van der Waals surface area contributed by atoms with E-state index in [1.807, 2.05) is 6.92 Å². The smallest absolute Gasteiger partial charge is 0.407 e. The van der Waals surface area contributed by atoms with Gasteiger partial charge in [-0.15, -0.1) is 0 Å². The van der Waals surface area contributed by atoms with Gasteiger partial charge in [-0.2, -0.15) is 0 Å². The molecule has 1 atom stereocenters. The van der Waals surface area contributed by atoms with Crippen LogP contribution in [0.1, 0.15) is 46.1 Å². The number of hydrogen-bond acceptors (Lipinski definition) is 3. The Morgan fingerprint density at radius 3 is 2.22 bits per heavy atom. The van der Waals surface area contributed by atoms with Gasteiger partial charge >= 0.3 is 6.09 Å². The van der Waals surface area contributed by atoms with Gasteiger partial charge in [-0.05, 0) is 44.9 Å². The number of ether oxygens (including phenoxy) is 1. The molecule has 0 aliphatic carbocycles. The summed E-state index contributed by atoms with van der Waals surface area (Å²) in [5.41, 5.74) is -1.30. The molecule has 130 valence electrons. The SMILES string of the molecule is CCCC(CO)(CNC(=O)OC(C)(C)C)c1cc(F)cc(F)c1. The molecular weight excluding hydrogens is 304 g/mol. The Bertz CT molecular complexity index is 523. The Balaban J connectivity index is 3.00. The van der Waals surface area contributed by atoms with E-state index in [1.54, 1.807) is 20.8 Å². The number of rotatable bonds is 6. The minimum Gasteiger partial charge on any atom is -0.444 e. The molecule has 1 unspecified atom stereocenters. The van der Waals surface area contributed by atoms with Crippen LogP contribution >= 0.6 is 0 Å². The summed E-state index contributed by atoms with van der Waals surface area (Å²) < 4.78 is 32.2. The van der Waals surface area contributed by atoms with E-state index in [1.165, 1.54) is 12.1 Å². The topological polar surface area (TPSA) is 58.6 Å². The van der Waals surface area contributed by atoms with E-state index in [9.17, 15) is 18.7 Å². The fourth-order valence-corrected chi connectivity index (χ4v) is 2.46. The number of alkyl carbamates (subject to hydrolysis) is 1. The minimum absolute atomic E-state index is 0.0230. The van der Waals surface area contributed by atoms with Crippen LogP contribution in [0.25, 0.3) is 0 Å². The first kappa shape index (κ1) is 19.4. The van der Waals surface area contributed by atoms with Gasteiger partial charge in [0.2, 0.25) is 0 Å². The lowest BCUT2D eigenvalue weighted by atomic mass is 9.77. The van der Waals surface area contributed by atoms with Crippen LogP contribution in [0.5, 0.6) is 0 Å². The quantitative estimate of drug-likeness (QED) is 0.839. The molecule has 23 heavy (non-hydrogen) atoms. The highest BCUT2D eigenvalue weighted by Gasteiger charge is 2.33. The van der Waals surface area contributed by atoms with Crippen LogP contribution in [0.3, 0.4) is 0 Å². The molecule has 0 fully saturated rings. The van der Waals surface area contributed by atoms with Crippen molar-refractivity contribution in [2.45, 2.75) is 51.6 Å². The highest BCUT2D eigenvalue weighted by molar-refractivity contribution is 5.67. The van der Waals surface area contributed by atoms with E-state index in [0.717, 1.165) is 6.07 Å². The molecule has 1 rings (SSSR count). The lowest BCUT2D eigenvalue weighted by Crippen LogP contribution is -2.45. The number of hydrogen-bond donors (Lipinski definition) is 2. The van der Waals surface area contributed by atoms with Gasteiger partial charge in [0.05, 0.1) is 6.61 Å². The zero-order valence-electron chi connectivity index (χ0n) is 14.1. The highest BCUT2D eigenvalue weighted by atomic mass is 19.1. The van der Waals surface area contributed by atoms with Crippen molar-refractivity contribution in [1.82, 2.24) is 5.32 Å². The van der Waals surface area contributed by atoms with Crippen molar-refractivity contribution in [3.8, 4) is 0 Å². The van der Waals surface area contributed by atoms with Crippen molar-refractivity contribution >= 4 is 6.09 Å². The van der Waals surface area contributed by atoms with Crippen molar-refractivity contribution in [1.29, 1.82) is 0 Å². The summed E-state index contributed by atoms with van der Waals surface area (Å²) in [7, 11) is 0. The fraction of sp³-hybridized carbons (Fsp3) is 0.588. The molecule has 0 spiro atoms. The second kappa shape index (κ2) is 7.73. The molecule has 4 nitrogen and oxygen atoms in total. The van der Waals surface area contributed by atoms with E-state index in [2.05, 4.69) is 5.32 Å². The molecule has 0 aliphatic heterocycles. The maximum atomic E-state index is 13.5. The normalized spacial score (nSPS) is 14.2. The summed E-state index contributed by atoms with van der Waals surface area (Å²) in [6.07, 6.45) is 0.500. The third kappa shape index (κ3) is 5.78. The fourth-order valence-electron chi connectivity index (χ4n) is 2.46. The van der Waals surface area contributed by atoms with Crippen LogP contribution in [-0.2, 0) is 10.2 Å². The number of carbonyl (C=O) groups excluding carboxylic acids is 1. The van der Waals surface area contributed by atoms with Crippen molar-refractivity contribution in [3.63, 3.8) is 0 Å². The molecule has 1 aromatic carbocycles. The third-order valence-electron chi connectivity index (χ3n) is 3.48. The van der Waals surface area contributed by atoms with Crippen molar-refractivity contribution < 1.29 is 23.4 Å². The molecule has 0 radical (unpaired) electrons. The molecule has 0 saturated heterocycles. The standard InChI is InChI=1S/C17H25F2NO3/c1-5-6-17(11-21,10-20-15(22)23-16(2,3)4)12-7-13(18)9-14(19)8-12/h7-9,21H,5-6,10-11H2,1-4H3,(H,20,22). The van der Waals surface area contributed by atoms with E-state index in [0.29, 0.717) is 18.4 Å². The predicted octanol–water partition coefficient (Wildman–Crippen LogP) is 3.52. The number of carbonyl (C=O) groups is 1. The number of aliphatic hydroxyl groups excluding tert-OH is 1. The van der Waals surface area contributed by atoms with Crippen molar-refractivity contribution in [2.75, 3.05) is 13.2 Å². The first-order valence-electron chi connectivity index (χ1n) is 7.66. The van der Waals surface area contributed by atoms with Gasteiger partial charge in [-0.1, -0.05) is 13.3 Å². The third-order valence-corrected chi connectivity index (χ3v) is 3.48. The van der Waals surface area contributed by atoms with Crippen LogP contribution in [0.2, 0.25) is 0 Å². The number of aliphatic hydroxyl groups is 1. The Hall–Kier alpha value is -1.69. The van der Waals surface area contributed by atoms with Crippen molar-refractivity contribution in [2.24, 2.45) is 0 Å². The monoisotopic (exact) mass is 329 g/mol. The maximum Gasteiger partial charge on any atom is 0.407 e. The Morgan fingerprint density at radius 2 is 1.78 bits per heavy atom. The largest absolute Gasteiger partial charge is 0.444 e. The molecule has 1 amide bonds. The second-order valence-corrected chi connectivity index (χ2v) is 6.70. The van der Waals surface area contributed by atoms with Gasteiger partial charge in [-0.3, -0.25) is 0 Å². The van der Waals surface area contributed by atoms with Crippen LogP contribution < -0.4 is 5.32 Å². The van der Waals surface area contributed by atoms with Crippen LogP contribution in [0.15, 0.2) is 18.2 Å². The first-order chi connectivity index (χ1) is 10.6. The molecular formula is C17H25F2NO3. The minimum atomic E-state index is -0.964. The number of nitrogens with one attached hydrogen (secondary N) is 1. The molecule has 0 saturated carbocycles. The van der Waals surface area contributed by atoms with Crippen LogP contribution in [0, 0.1) is 11.6 Å². The van der Waals surface area contributed by atoms with Gasteiger partial charge in [-0.25, -0.2) is 13.6 Å². The Morgan fingerprint density at radius 1 is 1.22 bits per heavy atom. The molecule has 6 heteroatoms. The van der Waals surface area contributed by atoms with Gasteiger partial charge < -0.3 is 15.2 Å². The van der Waals surface area contributed by atoms with Gasteiger partial charge in [0.15, 0.2) is 0 Å². The van der Waals surface area contributed by atoms with E-state index in [4.69, 9.17) is 4.74 Å². The van der Waals surface area contributed by atoms with Crippen LogP contribution in [0.4, 0.5) is 13.6 Å². The molecule has 0 heterocycles. The lowest BCUT2D eigenvalue weighted by Gasteiger charge is -2.33. The summed E-state index contributed by atoms with van der Waals surface area (Å²) in [4.78, 5) is 11.8. The highest BCUT2D eigenvalue weighted by Crippen LogP contribution is 2.30. The van der Waals surface area contributed by atoms with Gasteiger partial charge in [0.25, 0.3) is 0 Å². The molecule has 2 N–H and O–H groups in total. The Labute approximate surface area is 135 Å². The number of benzene rings is 1. The summed E-state index contributed by atoms with van der Waals surface area (Å²) in [6, 6.07) is 3.15. The summed E-state index contributed by atoms with van der Waals surface area (Å²) in [5.74, 6) is -1.43. The molecule has 0 aromatic heterocycles. The van der Waals surface area contributed by atoms with Crippen LogP contribution in [-0.4, -0.2) is 30.0 Å². The summed E-state index contributed by atoms with van der Waals surface area (Å²) >= 11 is 0. The number of amides is 1. The zero-order chi connectivity index (χ0) is 17.7. The van der Waals surface area contributed by atoms with E-state index in [-0.39, 0.29) is 13.2 Å². The van der Waals surface area contributed by atoms with E-state index < -0.39 is 28.7 Å². The van der Waals surface area contributed by atoms with Gasteiger partial charge in [0.1, 0.15) is 17.2 Å². The molecule has 0 aliphatic rings. The van der Waals surface area contributed by atoms with Gasteiger partial charge in [0, 0.05) is 18.0 Å². The van der Waals surface area contributed by atoms with E-state index >= 15 is 0 Å². The average molecular weight is 329 g/mol. The summed E-state index contributed by atoms with van der Waals surface area (Å²) in [6.45, 7) is 6.78. The van der Waals surface area contributed by atoms with Crippen molar-refractivity contribution in [3.05, 3.63) is 35.4 Å². The predicted molar refractivity (Wildman–Crippen MR) is 84.3 cm³/mol. The Kier molecular flexibility index (Phi) is 6.50. The second-order valence-electron chi connectivity index (χ2n) is 6.70. The summed E-state index contributed by atoms with van der Waals surface area (Å²) in [5, 5.41) is 12.4. The number of halogens is 2. The first-order valence-corrected chi connectivity index (χ1v) is 7.66. The lowest BCUT2D eigenvalue weighted by molar-refractivity contribution is 0.0500. The zero-order valence-corrected chi connectivity index (χ0v) is 14.1.